The highest BCUT2D eigenvalue weighted by molar-refractivity contribution is 5.76. The summed E-state index contributed by atoms with van der Waals surface area (Å²) < 4.78 is 0. The minimum absolute atomic E-state index is 0.292. The standard InChI is InChI=1S/C23H30N2O/c1-19-6-5-9-22(16-19)18-24-13-10-23(26)25-14-11-21(12-15-25)17-20-7-3-2-4-8-20/h2-9,16,21,24H,10-15,17-18H2,1H3. The van der Waals surface area contributed by atoms with Crippen LogP contribution in [0.15, 0.2) is 54.6 Å². The summed E-state index contributed by atoms with van der Waals surface area (Å²) in [5.41, 5.74) is 3.97. The Bertz CT molecular complexity index is 690. The van der Waals surface area contributed by atoms with Crippen LogP contribution < -0.4 is 5.32 Å². The maximum absolute atomic E-state index is 12.4. The van der Waals surface area contributed by atoms with E-state index in [2.05, 4.69) is 71.7 Å². The first-order valence-corrected chi connectivity index (χ1v) is 9.78. The SMILES string of the molecule is Cc1cccc(CNCCC(=O)N2CCC(Cc3ccccc3)CC2)c1. The van der Waals surface area contributed by atoms with Gasteiger partial charge in [0.05, 0.1) is 0 Å². The molecule has 0 unspecified atom stereocenters. The number of hydrogen-bond acceptors (Lipinski definition) is 2. The first kappa shape index (κ1) is 18.7. The molecule has 0 atom stereocenters. The highest BCUT2D eigenvalue weighted by Gasteiger charge is 2.22. The Labute approximate surface area is 157 Å². The Kier molecular flexibility index (Phi) is 6.84. The highest BCUT2D eigenvalue weighted by atomic mass is 16.2. The third-order valence-corrected chi connectivity index (χ3v) is 5.26. The molecule has 3 heteroatoms. The number of nitrogens with one attached hydrogen (secondary N) is 1. The van der Waals surface area contributed by atoms with E-state index in [9.17, 15) is 4.79 Å². The van der Waals surface area contributed by atoms with Gasteiger partial charge in [0.2, 0.25) is 5.91 Å². The molecule has 0 radical (unpaired) electrons. The molecule has 1 fully saturated rings. The average Bonchev–Trinajstić information content (AvgIpc) is 2.66. The maximum Gasteiger partial charge on any atom is 0.223 e. The van der Waals surface area contributed by atoms with Crippen molar-refractivity contribution in [2.45, 2.75) is 39.2 Å². The number of carbonyl (C=O) groups is 1. The smallest absolute Gasteiger partial charge is 0.223 e. The molecular weight excluding hydrogens is 320 g/mol. The normalized spacial score (nSPS) is 15.2. The Hall–Kier alpha value is -2.13. The van der Waals surface area contributed by atoms with Crippen molar-refractivity contribution in [2.75, 3.05) is 19.6 Å². The third kappa shape index (κ3) is 5.70. The molecule has 2 aromatic rings. The molecule has 1 saturated heterocycles. The first-order valence-electron chi connectivity index (χ1n) is 9.78. The summed E-state index contributed by atoms with van der Waals surface area (Å²) in [7, 11) is 0. The van der Waals surface area contributed by atoms with Crippen molar-refractivity contribution in [3.05, 3.63) is 71.3 Å². The predicted octanol–water partition coefficient (Wildman–Crippen LogP) is 3.96. The van der Waals surface area contributed by atoms with Gasteiger partial charge in [0.1, 0.15) is 0 Å². The van der Waals surface area contributed by atoms with Crippen LogP contribution in [0.1, 0.15) is 36.0 Å². The van der Waals surface area contributed by atoms with Crippen molar-refractivity contribution in [3.8, 4) is 0 Å². The summed E-state index contributed by atoms with van der Waals surface area (Å²) in [6.07, 6.45) is 3.98. The molecular formula is C23H30N2O. The average molecular weight is 351 g/mol. The van der Waals surface area contributed by atoms with Crippen molar-refractivity contribution < 1.29 is 4.79 Å². The van der Waals surface area contributed by atoms with Gasteiger partial charge in [-0.25, -0.2) is 0 Å². The van der Waals surface area contributed by atoms with Crippen molar-refractivity contribution in [1.29, 1.82) is 0 Å². The predicted molar refractivity (Wildman–Crippen MR) is 107 cm³/mol. The summed E-state index contributed by atoms with van der Waals surface area (Å²) in [5, 5.41) is 3.39. The summed E-state index contributed by atoms with van der Waals surface area (Å²) in [4.78, 5) is 14.5. The van der Waals surface area contributed by atoms with E-state index in [1.165, 1.54) is 16.7 Å². The Morgan fingerprint density at radius 3 is 2.50 bits per heavy atom. The first-order chi connectivity index (χ1) is 12.7. The van der Waals surface area contributed by atoms with E-state index in [0.717, 1.165) is 45.4 Å². The van der Waals surface area contributed by atoms with Gasteiger partial charge in [-0.15, -0.1) is 0 Å². The number of aryl methyl sites for hydroxylation is 1. The van der Waals surface area contributed by atoms with Crippen LogP contribution in [0.4, 0.5) is 0 Å². The van der Waals surface area contributed by atoms with Crippen LogP contribution in [0, 0.1) is 12.8 Å². The van der Waals surface area contributed by atoms with E-state index < -0.39 is 0 Å². The van der Waals surface area contributed by atoms with Crippen molar-refractivity contribution in [1.82, 2.24) is 10.2 Å². The number of carbonyl (C=O) groups excluding carboxylic acids is 1. The molecule has 1 heterocycles. The lowest BCUT2D eigenvalue weighted by molar-refractivity contribution is -0.132. The van der Waals surface area contributed by atoms with Crippen LogP contribution in [0.2, 0.25) is 0 Å². The minimum Gasteiger partial charge on any atom is -0.343 e. The molecule has 1 aliphatic heterocycles. The number of benzene rings is 2. The Morgan fingerprint density at radius 1 is 1.04 bits per heavy atom. The quantitative estimate of drug-likeness (QED) is 0.767. The fourth-order valence-electron chi connectivity index (χ4n) is 3.74. The van der Waals surface area contributed by atoms with Gasteiger partial charge in [-0.2, -0.15) is 0 Å². The van der Waals surface area contributed by atoms with Gasteiger partial charge >= 0.3 is 0 Å². The molecule has 0 aromatic heterocycles. The van der Waals surface area contributed by atoms with Gasteiger partial charge in [0.25, 0.3) is 0 Å². The van der Waals surface area contributed by atoms with E-state index in [0.29, 0.717) is 18.2 Å². The number of piperidine rings is 1. The van der Waals surface area contributed by atoms with Crippen molar-refractivity contribution >= 4 is 5.91 Å². The fraction of sp³-hybridized carbons (Fsp3) is 0.435. The highest BCUT2D eigenvalue weighted by Crippen LogP contribution is 2.22. The summed E-state index contributed by atoms with van der Waals surface area (Å²) in [5.74, 6) is 1.00. The molecule has 1 N–H and O–H groups in total. The van der Waals surface area contributed by atoms with Gasteiger partial charge in [0.15, 0.2) is 0 Å². The van der Waals surface area contributed by atoms with E-state index in [1.807, 2.05) is 0 Å². The second-order valence-electron chi connectivity index (χ2n) is 7.43. The lowest BCUT2D eigenvalue weighted by Crippen LogP contribution is -2.39. The van der Waals surface area contributed by atoms with Crippen LogP contribution >= 0.6 is 0 Å². The van der Waals surface area contributed by atoms with E-state index in [1.54, 1.807) is 0 Å². The topological polar surface area (TPSA) is 32.3 Å². The zero-order valence-electron chi connectivity index (χ0n) is 15.8. The molecule has 1 aliphatic rings. The molecule has 3 nitrogen and oxygen atoms in total. The van der Waals surface area contributed by atoms with Crippen LogP contribution in [0.5, 0.6) is 0 Å². The number of hydrogen-bond donors (Lipinski definition) is 1. The molecule has 2 aromatic carbocycles. The van der Waals surface area contributed by atoms with Crippen molar-refractivity contribution in [3.63, 3.8) is 0 Å². The van der Waals surface area contributed by atoms with Crippen LogP contribution in [0.25, 0.3) is 0 Å². The number of rotatable bonds is 7. The molecule has 138 valence electrons. The number of amides is 1. The van der Waals surface area contributed by atoms with Crippen LogP contribution in [-0.4, -0.2) is 30.4 Å². The van der Waals surface area contributed by atoms with Crippen LogP contribution in [-0.2, 0) is 17.8 Å². The van der Waals surface area contributed by atoms with Gasteiger partial charge in [-0.1, -0.05) is 60.2 Å². The largest absolute Gasteiger partial charge is 0.343 e. The fourth-order valence-corrected chi connectivity index (χ4v) is 3.74. The third-order valence-electron chi connectivity index (χ3n) is 5.26. The zero-order chi connectivity index (χ0) is 18.2. The van der Waals surface area contributed by atoms with Gasteiger partial charge in [0, 0.05) is 32.6 Å². The Morgan fingerprint density at radius 2 is 1.77 bits per heavy atom. The number of likely N-dealkylation sites (tertiary alicyclic amines) is 1. The summed E-state index contributed by atoms with van der Waals surface area (Å²) >= 11 is 0. The maximum atomic E-state index is 12.4. The second kappa shape index (κ2) is 9.54. The summed E-state index contributed by atoms with van der Waals surface area (Å²) in [6, 6.07) is 19.2. The molecule has 1 amide bonds. The molecule has 0 aliphatic carbocycles. The van der Waals surface area contributed by atoms with Gasteiger partial charge < -0.3 is 10.2 Å². The lowest BCUT2D eigenvalue weighted by atomic mass is 9.90. The van der Waals surface area contributed by atoms with Gasteiger partial charge in [-0.05, 0) is 43.2 Å². The van der Waals surface area contributed by atoms with Gasteiger partial charge in [-0.3, -0.25) is 4.79 Å². The van der Waals surface area contributed by atoms with Crippen molar-refractivity contribution in [2.24, 2.45) is 5.92 Å². The molecule has 0 bridgehead atoms. The molecule has 0 saturated carbocycles. The Balaban J connectivity index is 1.33. The number of nitrogens with zero attached hydrogens (tertiary/aromatic N) is 1. The molecule has 0 spiro atoms. The minimum atomic E-state index is 0.292. The lowest BCUT2D eigenvalue weighted by Gasteiger charge is -2.32. The van der Waals surface area contributed by atoms with E-state index >= 15 is 0 Å². The van der Waals surface area contributed by atoms with E-state index in [4.69, 9.17) is 0 Å². The molecule has 3 rings (SSSR count). The second-order valence-corrected chi connectivity index (χ2v) is 7.43. The van der Waals surface area contributed by atoms with Crippen LogP contribution in [0.3, 0.4) is 0 Å². The monoisotopic (exact) mass is 350 g/mol. The zero-order valence-corrected chi connectivity index (χ0v) is 15.8. The van der Waals surface area contributed by atoms with E-state index in [-0.39, 0.29) is 0 Å². The summed E-state index contributed by atoms with van der Waals surface area (Å²) in [6.45, 7) is 5.50. The molecule has 26 heavy (non-hydrogen) atoms.